The van der Waals surface area contributed by atoms with Gasteiger partial charge in [0.25, 0.3) is 0 Å². The van der Waals surface area contributed by atoms with Gasteiger partial charge in [0.05, 0.1) is 13.5 Å². The second kappa shape index (κ2) is 9.54. The maximum atomic E-state index is 11.4. The third kappa shape index (κ3) is 5.74. The molecule has 0 aromatic heterocycles. The van der Waals surface area contributed by atoms with Crippen molar-refractivity contribution in [2.75, 3.05) is 26.7 Å². The summed E-state index contributed by atoms with van der Waals surface area (Å²) in [6.45, 7) is 7.78. The van der Waals surface area contributed by atoms with Gasteiger partial charge in [0.1, 0.15) is 0 Å². The van der Waals surface area contributed by atoms with Crippen molar-refractivity contribution in [3.8, 4) is 0 Å². The van der Waals surface area contributed by atoms with Crippen LogP contribution in [0.1, 0.15) is 37.8 Å². The van der Waals surface area contributed by atoms with Crippen LogP contribution in [0.3, 0.4) is 0 Å². The lowest BCUT2D eigenvalue weighted by Crippen LogP contribution is -2.28. The van der Waals surface area contributed by atoms with Crippen LogP contribution < -0.4 is 0 Å². The topological polar surface area (TPSA) is 29.5 Å². The van der Waals surface area contributed by atoms with E-state index in [9.17, 15) is 4.79 Å². The highest BCUT2D eigenvalue weighted by Crippen LogP contribution is 2.12. The Bertz CT molecular complexity index is 398. The van der Waals surface area contributed by atoms with E-state index in [1.165, 1.54) is 25.5 Å². The van der Waals surface area contributed by atoms with E-state index in [-0.39, 0.29) is 5.97 Å². The Labute approximate surface area is 122 Å². The van der Waals surface area contributed by atoms with E-state index in [2.05, 4.69) is 24.8 Å². The van der Waals surface area contributed by atoms with Crippen LogP contribution in [0.5, 0.6) is 0 Å². The number of ether oxygens (including phenoxy) is 1. The van der Waals surface area contributed by atoms with Gasteiger partial charge in [-0.3, -0.25) is 4.79 Å². The van der Waals surface area contributed by atoms with Crippen LogP contribution in [-0.2, 0) is 22.4 Å². The summed E-state index contributed by atoms with van der Waals surface area (Å²) < 4.78 is 4.76. The van der Waals surface area contributed by atoms with E-state index >= 15 is 0 Å². The fourth-order valence-electron chi connectivity index (χ4n) is 2.45. The molecule has 1 rings (SSSR count). The summed E-state index contributed by atoms with van der Waals surface area (Å²) in [4.78, 5) is 13.9. The van der Waals surface area contributed by atoms with Crippen molar-refractivity contribution in [2.24, 2.45) is 0 Å². The Hall–Kier alpha value is -1.35. The number of carbonyl (C=O) groups is 1. The third-order valence-electron chi connectivity index (χ3n) is 3.46. The second-order valence-electron chi connectivity index (χ2n) is 5.11. The summed E-state index contributed by atoms with van der Waals surface area (Å²) in [5, 5.41) is 0. The van der Waals surface area contributed by atoms with Crippen LogP contribution in [0.15, 0.2) is 24.3 Å². The number of methoxy groups -OCH3 is 1. The first-order valence-corrected chi connectivity index (χ1v) is 7.57. The summed E-state index contributed by atoms with van der Waals surface area (Å²) in [6.07, 6.45) is 3.73. The Morgan fingerprint density at radius 1 is 1.05 bits per heavy atom. The Kier molecular flexibility index (Phi) is 7.97. The van der Waals surface area contributed by atoms with Crippen LogP contribution in [0, 0.1) is 0 Å². The minimum absolute atomic E-state index is 0.170. The normalized spacial score (nSPS) is 10.8. The molecule has 0 saturated heterocycles. The molecule has 0 unspecified atom stereocenters. The van der Waals surface area contributed by atoms with Crippen molar-refractivity contribution in [1.82, 2.24) is 4.90 Å². The number of carbonyl (C=O) groups excluding carboxylic acids is 1. The third-order valence-corrected chi connectivity index (χ3v) is 3.46. The van der Waals surface area contributed by atoms with Gasteiger partial charge in [0, 0.05) is 6.54 Å². The van der Waals surface area contributed by atoms with E-state index in [1.807, 2.05) is 18.2 Å². The van der Waals surface area contributed by atoms with E-state index in [0.29, 0.717) is 6.42 Å². The molecule has 0 fully saturated rings. The minimum atomic E-state index is -0.170. The van der Waals surface area contributed by atoms with E-state index in [1.54, 1.807) is 0 Å². The van der Waals surface area contributed by atoms with E-state index in [0.717, 1.165) is 31.6 Å². The summed E-state index contributed by atoms with van der Waals surface area (Å²) in [6, 6.07) is 8.17. The SMILES string of the molecule is CCCN(CCC)CCc1ccccc1CC(=O)OC. The highest BCUT2D eigenvalue weighted by atomic mass is 16.5. The molecule has 3 nitrogen and oxygen atoms in total. The molecule has 1 aromatic rings. The van der Waals surface area contributed by atoms with E-state index in [4.69, 9.17) is 4.74 Å². The summed E-state index contributed by atoms with van der Waals surface area (Å²) in [7, 11) is 1.44. The highest BCUT2D eigenvalue weighted by molar-refractivity contribution is 5.72. The zero-order valence-electron chi connectivity index (χ0n) is 13.0. The average molecular weight is 277 g/mol. The maximum Gasteiger partial charge on any atom is 0.309 e. The fraction of sp³-hybridized carbons (Fsp3) is 0.588. The second-order valence-corrected chi connectivity index (χ2v) is 5.11. The zero-order chi connectivity index (χ0) is 14.8. The average Bonchev–Trinajstić information content (AvgIpc) is 2.46. The largest absolute Gasteiger partial charge is 0.469 e. The molecule has 0 N–H and O–H groups in total. The standard InChI is InChI=1S/C17H27NO2/c1-4-11-18(12-5-2)13-10-15-8-6-7-9-16(15)14-17(19)20-3/h6-9H,4-5,10-14H2,1-3H3. The number of esters is 1. The van der Waals surface area contributed by atoms with Gasteiger partial charge in [0.2, 0.25) is 0 Å². The van der Waals surface area contributed by atoms with Crippen LogP contribution in [0.25, 0.3) is 0 Å². The number of rotatable bonds is 9. The molecule has 0 heterocycles. The lowest BCUT2D eigenvalue weighted by Gasteiger charge is -2.21. The van der Waals surface area contributed by atoms with Crippen LogP contribution in [0.2, 0.25) is 0 Å². The van der Waals surface area contributed by atoms with Gasteiger partial charge in [-0.05, 0) is 43.5 Å². The highest BCUT2D eigenvalue weighted by Gasteiger charge is 2.09. The van der Waals surface area contributed by atoms with Crippen LogP contribution in [-0.4, -0.2) is 37.6 Å². The Morgan fingerprint density at radius 3 is 2.20 bits per heavy atom. The molecule has 0 amide bonds. The minimum Gasteiger partial charge on any atom is -0.469 e. The summed E-state index contributed by atoms with van der Waals surface area (Å²) >= 11 is 0. The Morgan fingerprint density at radius 2 is 1.65 bits per heavy atom. The first kappa shape index (κ1) is 16.7. The van der Waals surface area contributed by atoms with E-state index < -0.39 is 0 Å². The van der Waals surface area contributed by atoms with Crippen molar-refractivity contribution < 1.29 is 9.53 Å². The van der Waals surface area contributed by atoms with Crippen molar-refractivity contribution in [3.05, 3.63) is 35.4 Å². The first-order chi connectivity index (χ1) is 9.71. The van der Waals surface area contributed by atoms with Gasteiger partial charge in [0.15, 0.2) is 0 Å². The van der Waals surface area contributed by atoms with Crippen molar-refractivity contribution in [3.63, 3.8) is 0 Å². The summed E-state index contributed by atoms with van der Waals surface area (Å²) in [5.41, 5.74) is 2.35. The molecule has 112 valence electrons. The van der Waals surface area contributed by atoms with Crippen molar-refractivity contribution >= 4 is 5.97 Å². The lowest BCUT2D eigenvalue weighted by atomic mass is 10.0. The van der Waals surface area contributed by atoms with Crippen LogP contribution >= 0.6 is 0 Å². The molecule has 20 heavy (non-hydrogen) atoms. The van der Waals surface area contributed by atoms with Gasteiger partial charge >= 0.3 is 5.97 Å². The first-order valence-electron chi connectivity index (χ1n) is 7.57. The Balaban J connectivity index is 2.64. The quantitative estimate of drug-likeness (QED) is 0.650. The lowest BCUT2D eigenvalue weighted by molar-refractivity contribution is -0.139. The molecule has 0 aliphatic rings. The molecule has 0 atom stereocenters. The van der Waals surface area contributed by atoms with Crippen molar-refractivity contribution in [2.45, 2.75) is 39.5 Å². The van der Waals surface area contributed by atoms with Gasteiger partial charge in [-0.15, -0.1) is 0 Å². The molecule has 0 aliphatic carbocycles. The molecule has 0 saturated carbocycles. The summed E-state index contributed by atoms with van der Waals surface area (Å²) in [5.74, 6) is -0.170. The van der Waals surface area contributed by atoms with Crippen LogP contribution in [0.4, 0.5) is 0 Å². The molecule has 0 spiro atoms. The maximum absolute atomic E-state index is 11.4. The zero-order valence-corrected chi connectivity index (χ0v) is 13.0. The molecule has 0 radical (unpaired) electrons. The molecule has 0 bridgehead atoms. The number of benzene rings is 1. The number of hydrogen-bond acceptors (Lipinski definition) is 3. The van der Waals surface area contributed by atoms with Crippen molar-refractivity contribution in [1.29, 1.82) is 0 Å². The molecular formula is C17H27NO2. The fourth-order valence-corrected chi connectivity index (χ4v) is 2.45. The van der Waals surface area contributed by atoms with Gasteiger partial charge in [-0.1, -0.05) is 38.1 Å². The van der Waals surface area contributed by atoms with Gasteiger partial charge < -0.3 is 9.64 Å². The van der Waals surface area contributed by atoms with Gasteiger partial charge in [-0.2, -0.15) is 0 Å². The molecular weight excluding hydrogens is 250 g/mol. The monoisotopic (exact) mass is 277 g/mol. The predicted octanol–water partition coefficient (Wildman–Crippen LogP) is 3.07. The predicted molar refractivity (Wildman–Crippen MR) is 82.9 cm³/mol. The number of hydrogen-bond donors (Lipinski definition) is 0. The molecule has 0 aliphatic heterocycles. The molecule has 3 heteroatoms. The smallest absolute Gasteiger partial charge is 0.309 e. The molecule has 1 aromatic carbocycles. The van der Waals surface area contributed by atoms with Gasteiger partial charge in [-0.25, -0.2) is 0 Å². The number of nitrogens with zero attached hydrogens (tertiary/aromatic N) is 1.